The van der Waals surface area contributed by atoms with Crippen LogP contribution >= 0.6 is 11.8 Å². The Morgan fingerprint density at radius 2 is 2.12 bits per heavy atom. The summed E-state index contributed by atoms with van der Waals surface area (Å²) in [7, 11) is 0. The SMILES string of the molecule is CCC=C(C)C(=O)N1CSCC1C(=O)NCC(C)(C)c1cccc(C)c1. The van der Waals surface area contributed by atoms with E-state index in [0.29, 0.717) is 23.7 Å². The number of thioether (sulfide) groups is 1. The summed E-state index contributed by atoms with van der Waals surface area (Å²) in [5, 5.41) is 3.07. The second-order valence-electron chi connectivity index (χ2n) is 7.56. The first kappa shape index (κ1) is 20.6. The summed E-state index contributed by atoms with van der Waals surface area (Å²) in [4.78, 5) is 27.0. The third-order valence-electron chi connectivity index (χ3n) is 4.80. The van der Waals surface area contributed by atoms with Crippen molar-refractivity contribution >= 4 is 23.6 Å². The van der Waals surface area contributed by atoms with Gasteiger partial charge < -0.3 is 10.2 Å². The van der Waals surface area contributed by atoms with Gasteiger partial charge in [0.1, 0.15) is 6.04 Å². The summed E-state index contributed by atoms with van der Waals surface area (Å²) in [5.41, 5.74) is 2.96. The molecule has 1 aromatic carbocycles. The monoisotopic (exact) mass is 374 g/mol. The van der Waals surface area contributed by atoms with Crippen molar-refractivity contribution in [1.29, 1.82) is 0 Å². The van der Waals surface area contributed by atoms with Gasteiger partial charge in [-0.3, -0.25) is 9.59 Å². The number of rotatable bonds is 6. The van der Waals surface area contributed by atoms with E-state index in [2.05, 4.69) is 44.3 Å². The van der Waals surface area contributed by atoms with E-state index in [0.717, 1.165) is 6.42 Å². The fourth-order valence-corrected chi connectivity index (χ4v) is 4.23. The van der Waals surface area contributed by atoms with Crippen LogP contribution in [-0.4, -0.2) is 40.9 Å². The number of carbonyl (C=O) groups excluding carboxylic acids is 2. The van der Waals surface area contributed by atoms with E-state index in [-0.39, 0.29) is 23.3 Å². The zero-order valence-electron chi connectivity index (χ0n) is 16.5. The standard InChI is InChI=1S/C21H30N2O2S/c1-6-8-16(3)20(25)23-14-26-12-18(23)19(24)22-13-21(4,5)17-10-7-9-15(2)11-17/h7-11,18H,6,12-14H2,1-5H3,(H,22,24). The molecule has 1 aromatic rings. The number of aryl methyl sites for hydroxylation is 1. The van der Waals surface area contributed by atoms with Gasteiger partial charge in [-0.2, -0.15) is 0 Å². The van der Waals surface area contributed by atoms with Gasteiger partial charge in [0.25, 0.3) is 5.91 Å². The van der Waals surface area contributed by atoms with Crippen LogP contribution in [0.2, 0.25) is 0 Å². The lowest BCUT2D eigenvalue weighted by Crippen LogP contribution is -2.49. The lowest BCUT2D eigenvalue weighted by atomic mass is 9.84. The summed E-state index contributed by atoms with van der Waals surface area (Å²) in [6.45, 7) is 10.7. The molecule has 0 bridgehead atoms. The molecule has 0 aliphatic carbocycles. The first-order valence-corrected chi connectivity index (χ1v) is 10.3. The predicted octanol–water partition coefficient (Wildman–Crippen LogP) is 3.65. The molecule has 5 heteroatoms. The second-order valence-corrected chi connectivity index (χ2v) is 8.56. The Kier molecular flexibility index (Phi) is 6.93. The molecule has 1 saturated heterocycles. The summed E-state index contributed by atoms with van der Waals surface area (Å²) in [6, 6.07) is 7.99. The molecule has 0 saturated carbocycles. The predicted molar refractivity (Wildman–Crippen MR) is 109 cm³/mol. The minimum atomic E-state index is -0.388. The highest BCUT2D eigenvalue weighted by Crippen LogP contribution is 2.25. The van der Waals surface area contributed by atoms with Gasteiger partial charge in [0, 0.05) is 23.3 Å². The summed E-state index contributed by atoms with van der Waals surface area (Å²) in [6.07, 6.45) is 2.74. The van der Waals surface area contributed by atoms with Crippen molar-refractivity contribution in [2.75, 3.05) is 18.2 Å². The van der Waals surface area contributed by atoms with Gasteiger partial charge in [-0.1, -0.05) is 56.7 Å². The maximum atomic E-state index is 12.7. The third kappa shape index (κ3) is 4.91. The third-order valence-corrected chi connectivity index (χ3v) is 5.81. The van der Waals surface area contributed by atoms with E-state index in [9.17, 15) is 9.59 Å². The van der Waals surface area contributed by atoms with Gasteiger partial charge in [0.15, 0.2) is 0 Å². The van der Waals surface area contributed by atoms with E-state index >= 15 is 0 Å². The van der Waals surface area contributed by atoms with Gasteiger partial charge in [-0.25, -0.2) is 0 Å². The molecule has 1 atom stereocenters. The highest BCUT2D eigenvalue weighted by atomic mass is 32.2. The average Bonchev–Trinajstić information content (AvgIpc) is 3.09. The maximum absolute atomic E-state index is 12.7. The number of allylic oxidation sites excluding steroid dienone is 1. The van der Waals surface area contributed by atoms with Crippen molar-refractivity contribution in [3.63, 3.8) is 0 Å². The highest BCUT2D eigenvalue weighted by Gasteiger charge is 2.35. The molecule has 0 spiro atoms. The van der Waals surface area contributed by atoms with Crippen molar-refractivity contribution in [3.8, 4) is 0 Å². The molecule has 0 radical (unpaired) electrons. The van der Waals surface area contributed by atoms with E-state index in [4.69, 9.17) is 0 Å². The van der Waals surface area contributed by atoms with Crippen molar-refractivity contribution in [2.24, 2.45) is 0 Å². The lowest BCUT2D eigenvalue weighted by molar-refractivity contribution is -0.135. The van der Waals surface area contributed by atoms with Crippen LogP contribution < -0.4 is 5.32 Å². The van der Waals surface area contributed by atoms with Gasteiger partial charge in [0.2, 0.25) is 5.91 Å². The zero-order valence-corrected chi connectivity index (χ0v) is 17.3. The smallest absolute Gasteiger partial charge is 0.250 e. The first-order valence-electron chi connectivity index (χ1n) is 9.16. The molecule has 0 aromatic heterocycles. The Labute approximate surface area is 161 Å². The van der Waals surface area contributed by atoms with Crippen LogP contribution in [0.25, 0.3) is 0 Å². The summed E-state index contributed by atoms with van der Waals surface area (Å²) in [5.74, 6) is 1.14. The molecular weight excluding hydrogens is 344 g/mol. The van der Waals surface area contributed by atoms with Crippen molar-refractivity contribution in [2.45, 2.75) is 52.5 Å². The Morgan fingerprint density at radius 3 is 2.77 bits per heavy atom. The van der Waals surface area contributed by atoms with E-state index in [1.165, 1.54) is 11.1 Å². The first-order chi connectivity index (χ1) is 12.3. The van der Waals surface area contributed by atoms with Gasteiger partial charge in [-0.15, -0.1) is 11.8 Å². The minimum absolute atomic E-state index is 0.0325. The molecule has 1 N–H and O–H groups in total. The number of nitrogens with zero attached hydrogens (tertiary/aromatic N) is 1. The van der Waals surface area contributed by atoms with Gasteiger partial charge >= 0.3 is 0 Å². The van der Waals surface area contributed by atoms with E-state index in [1.54, 1.807) is 16.7 Å². The van der Waals surface area contributed by atoms with E-state index in [1.807, 2.05) is 26.0 Å². The molecule has 1 fully saturated rings. The Morgan fingerprint density at radius 1 is 1.38 bits per heavy atom. The Bertz CT molecular complexity index is 697. The summed E-state index contributed by atoms with van der Waals surface area (Å²) >= 11 is 1.63. The fraction of sp³-hybridized carbons (Fsp3) is 0.524. The van der Waals surface area contributed by atoms with Gasteiger partial charge in [0.05, 0.1) is 5.88 Å². The molecule has 1 aliphatic heterocycles. The van der Waals surface area contributed by atoms with Crippen LogP contribution in [-0.2, 0) is 15.0 Å². The van der Waals surface area contributed by atoms with Crippen molar-refractivity contribution < 1.29 is 9.59 Å². The minimum Gasteiger partial charge on any atom is -0.353 e. The number of hydrogen-bond acceptors (Lipinski definition) is 3. The topological polar surface area (TPSA) is 49.4 Å². The molecule has 1 unspecified atom stereocenters. The number of amides is 2. The quantitative estimate of drug-likeness (QED) is 0.773. The number of carbonyl (C=O) groups is 2. The normalized spacial score (nSPS) is 18.1. The molecule has 2 amide bonds. The van der Waals surface area contributed by atoms with Crippen LogP contribution in [0.1, 0.15) is 45.2 Å². The van der Waals surface area contributed by atoms with Crippen LogP contribution in [0.5, 0.6) is 0 Å². The Hall–Kier alpha value is -1.75. The molecule has 2 rings (SSSR count). The zero-order chi connectivity index (χ0) is 19.3. The largest absolute Gasteiger partial charge is 0.353 e. The van der Waals surface area contributed by atoms with Crippen LogP contribution in [0.4, 0.5) is 0 Å². The van der Waals surface area contributed by atoms with Crippen LogP contribution in [0.3, 0.4) is 0 Å². The molecule has 1 aliphatic rings. The fourth-order valence-electron chi connectivity index (χ4n) is 3.07. The Balaban J connectivity index is 2.02. The van der Waals surface area contributed by atoms with Crippen molar-refractivity contribution in [1.82, 2.24) is 10.2 Å². The molecule has 142 valence electrons. The van der Waals surface area contributed by atoms with Crippen LogP contribution in [0.15, 0.2) is 35.9 Å². The summed E-state index contributed by atoms with van der Waals surface area (Å²) < 4.78 is 0. The van der Waals surface area contributed by atoms with Gasteiger partial charge in [-0.05, 0) is 25.8 Å². The van der Waals surface area contributed by atoms with Crippen molar-refractivity contribution in [3.05, 3.63) is 47.0 Å². The number of hydrogen-bond donors (Lipinski definition) is 1. The molecule has 1 heterocycles. The molecule has 26 heavy (non-hydrogen) atoms. The van der Waals surface area contributed by atoms with E-state index < -0.39 is 0 Å². The molecule has 4 nitrogen and oxygen atoms in total. The number of benzene rings is 1. The highest BCUT2D eigenvalue weighted by molar-refractivity contribution is 7.99. The van der Waals surface area contributed by atoms with Crippen LogP contribution in [0, 0.1) is 6.92 Å². The average molecular weight is 375 g/mol. The maximum Gasteiger partial charge on any atom is 0.250 e. The second kappa shape index (κ2) is 8.76. The molecular formula is C21H30N2O2S. The lowest BCUT2D eigenvalue weighted by Gasteiger charge is -2.28. The number of nitrogens with one attached hydrogen (secondary N) is 1.